The minimum Gasteiger partial charge on any atom is -0.333 e. The van der Waals surface area contributed by atoms with Crippen molar-refractivity contribution in [2.45, 2.75) is 45.2 Å². The standard InChI is InChI=1S/C17H26N4O3S/c1-25(23,24)19-10-7-14-11-20(13-16-8-9-18-21(16)12-14)17(22)15-5-3-2-4-6-15/h5,8-9,14,19H,2-4,6-7,10-13H2,1H3/t14-/m1/s1. The molecule has 0 spiro atoms. The van der Waals surface area contributed by atoms with E-state index in [1.165, 1.54) is 0 Å². The van der Waals surface area contributed by atoms with Gasteiger partial charge in [0, 0.05) is 31.4 Å². The summed E-state index contributed by atoms with van der Waals surface area (Å²) in [5.41, 5.74) is 1.95. The molecule has 2 heterocycles. The molecular formula is C17H26N4O3S. The van der Waals surface area contributed by atoms with Crippen molar-refractivity contribution in [1.82, 2.24) is 19.4 Å². The van der Waals surface area contributed by atoms with Crippen LogP contribution in [0.4, 0.5) is 0 Å². The fourth-order valence-corrected chi connectivity index (χ4v) is 4.04. The van der Waals surface area contributed by atoms with Crippen molar-refractivity contribution < 1.29 is 13.2 Å². The molecular weight excluding hydrogens is 340 g/mol. The fraction of sp³-hybridized carbons (Fsp3) is 0.647. The molecule has 0 radical (unpaired) electrons. The average molecular weight is 366 g/mol. The van der Waals surface area contributed by atoms with Crippen molar-refractivity contribution in [2.24, 2.45) is 5.92 Å². The number of hydrogen-bond donors (Lipinski definition) is 1. The van der Waals surface area contributed by atoms with E-state index in [2.05, 4.69) is 15.9 Å². The van der Waals surface area contributed by atoms with Gasteiger partial charge in [-0.25, -0.2) is 13.1 Å². The van der Waals surface area contributed by atoms with Gasteiger partial charge in [0.05, 0.1) is 18.5 Å². The Bertz CT molecular complexity index is 754. The zero-order valence-electron chi connectivity index (χ0n) is 14.6. The Balaban J connectivity index is 1.72. The van der Waals surface area contributed by atoms with Crippen molar-refractivity contribution in [3.05, 3.63) is 29.6 Å². The molecule has 3 rings (SSSR count). The Morgan fingerprint density at radius 2 is 2.20 bits per heavy atom. The van der Waals surface area contributed by atoms with Gasteiger partial charge >= 0.3 is 0 Å². The number of sulfonamides is 1. The van der Waals surface area contributed by atoms with Crippen molar-refractivity contribution in [3.63, 3.8) is 0 Å². The van der Waals surface area contributed by atoms with Crippen molar-refractivity contribution in [2.75, 3.05) is 19.3 Å². The van der Waals surface area contributed by atoms with Gasteiger partial charge in [-0.2, -0.15) is 5.10 Å². The largest absolute Gasteiger partial charge is 0.333 e. The Hall–Kier alpha value is -1.67. The maximum atomic E-state index is 12.9. The van der Waals surface area contributed by atoms with E-state index in [0.29, 0.717) is 32.6 Å². The van der Waals surface area contributed by atoms with E-state index in [0.717, 1.165) is 43.2 Å². The number of rotatable bonds is 5. The molecule has 1 atom stereocenters. The number of nitrogens with zero attached hydrogens (tertiary/aromatic N) is 3. The van der Waals surface area contributed by atoms with Gasteiger partial charge in [-0.05, 0) is 44.1 Å². The molecule has 1 aliphatic carbocycles. The Morgan fingerprint density at radius 3 is 2.92 bits per heavy atom. The van der Waals surface area contributed by atoms with Crippen LogP contribution in [0.2, 0.25) is 0 Å². The first-order valence-corrected chi connectivity index (χ1v) is 10.7. The van der Waals surface area contributed by atoms with E-state index in [1.54, 1.807) is 6.20 Å². The predicted octanol–water partition coefficient (Wildman–Crippen LogP) is 1.28. The number of hydrogen-bond acceptors (Lipinski definition) is 4. The van der Waals surface area contributed by atoms with Crippen molar-refractivity contribution in [3.8, 4) is 0 Å². The molecule has 1 aliphatic heterocycles. The zero-order valence-corrected chi connectivity index (χ0v) is 15.5. The maximum absolute atomic E-state index is 12.9. The van der Waals surface area contributed by atoms with Crippen LogP contribution in [-0.2, 0) is 27.9 Å². The molecule has 0 bridgehead atoms. The van der Waals surface area contributed by atoms with Gasteiger partial charge in [-0.15, -0.1) is 0 Å². The lowest BCUT2D eigenvalue weighted by Crippen LogP contribution is -2.36. The lowest BCUT2D eigenvalue weighted by molar-refractivity contribution is -0.128. The van der Waals surface area contributed by atoms with Gasteiger partial charge in [0.2, 0.25) is 15.9 Å². The molecule has 7 nitrogen and oxygen atoms in total. The topological polar surface area (TPSA) is 84.3 Å². The minimum atomic E-state index is -3.19. The highest BCUT2D eigenvalue weighted by molar-refractivity contribution is 7.88. The summed E-state index contributed by atoms with van der Waals surface area (Å²) in [6.45, 7) is 2.28. The van der Waals surface area contributed by atoms with E-state index in [9.17, 15) is 13.2 Å². The zero-order chi connectivity index (χ0) is 17.9. The lowest BCUT2D eigenvalue weighted by atomic mass is 9.98. The van der Waals surface area contributed by atoms with Crippen LogP contribution >= 0.6 is 0 Å². The third-order valence-electron chi connectivity index (χ3n) is 4.84. The van der Waals surface area contributed by atoms with Crippen LogP contribution in [0.3, 0.4) is 0 Å². The molecule has 25 heavy (non-hydrogen) atoms. The second-order valence-corrected chi connectivity index (χ2v) is 8.82. The van der Waals surface area contributed by atoms with E-state index in [-0.39, 0.29) is 11.8 Å². The predicted molar refractivity (Wildman–Crippen MR) is 95.1 cm³/mol. The molecule has 1 N–H and O–H groups in total. The summed E-state index contributed by atoms with van der Waals surface area (Å²) in [6, 6.07) is 1.95. The molecule has 8 heteroatoms. The highest BCUT2D eigenvalue weighted by atomic mass is 32.2. The van der Waals surface area contributed by atoms with Gasteiger partial charge in [-0.3, -0.25) is 9.48 Å². The second-order valence-electron chi connectivity index (χ2n) is 6.99. The summed E-state index contributed by atoms with van der Waals surface area (Å²) in [5.74, 6) is 0.291. The first kappa shape index (κ1) is 18.1. The van der Waals surface area contributed by atoms with Crippen LogP contribution in [0.25, 0.3) is 0 Å². The minimum absolute atomic E-state index is 0.121. The third-order valence-corrected chi connectivity index (χ3v) is 5.57. The van der Waals surface area contributed by atoms with Crippen LogP contribution in [-0.4, -0.2) is 48.4 Å². The average Bonchev–Trinajstić information content (AvgIpc) is 2.92. The summed E-state index contributed by atoms with van der Waals surface area (Å²) in [6.07, 6.45) is 9.74. The number of carbonyl (C=O) groups excluding carboxylic acids is 1. The summed E-state index contributed by atoms with van der Waals surface area (Å²) < 4.78 is 27.0. The third kappa shape index (κ3) is 4.92. The van der Waals surface area contributed by atoms with Crippen LogP contribution in [0.5, 0.6) is 0 Å². The monoisotopic (exact) mass is 366 g/mol. The first-order chi connectivity index (χ1) is 11.9. The summed E-state index contributed by atoms with van der Waals surface area (Å²) in [4.78, 5) is 14.8. The van der Waals surface area contributed by atoms with Crippen molar-refractivity contribution >= 4 is 15.9 Å². The quantitative estimate of drug-likeness (QED) is 0.851. The Labute approximate surface area is 149 Å². The molecule has 2 aliphatic rings. The van der Waals surface area contributed by atoms with Gasteiger partial charge < -0.3 is 4.90 Å². The molecule has 1 aromatic heterocycles. The van der Waals surface area contributed by atoms with E-state index < -0.39 is 10.0 Å². The molecule has 0 aromatic carbocycles. The van der Waals surface area contributed by atoms with E-state index >= 15 is 0 Å². The normalized spacial score (nSPS) is 21.4. The first-order valence-electron chi connectivity index (χ1n) is 8.86. The van der Waals surface area contributed by atoms with Gasteiger partial charge in [0.1, 0.15) is 0 Å². The Morgan fingerprint density at radius 1 is 1.36 bits per heavy atom. The molecule has 138 valence electrons. The summed E-state index contributed by atoms with van der Waals surface area (Å²) >= 11 is 0. The molecule has 0 saturated carbocycles. The number of amides is 1. The summed E-state index contributed by atoms with van der Waals surface area (Å²) in [5, 5.41) is 4.36. The molecule has 1 amide bonds. The molecule has 1 aromatic rings. The number of carbonyl (C=O) groups is 1. The SMILES string of the molecule is CS(=O)(=O)NCC[C@@H]1CN(C(=O)C2=CCCCC2)Cc2ccnn2C1. The number of allylic oxidation sites excluding steroid dienone is 1. The highest BCUT2D eigenvalue weighted by Crippen LogP contribution is 2.24. The van der Waals surface area contributed by atoms with Crippen LogP contribution in [0, 0.1) is 5.92 Å². The molecule has 0 unspecified atom stereocenters. The Kier molecular flexibility index (Phi) is 5.58. The summed E-state index contributed by atoms with van der Waals surface area (Å²) in [7, 11) is -3.19. The number of fused-ring (bicyclic) bond motifs is 1. The maximum Gasteiger partial charge on any atom is 0.249 e. The number of aromatic nitrogens is 2. The number of nitrogens with one attached hydrogen (secondary N) is 1. The van der Waals surface area contributed by atoms with E-state index in [4.69, 9.17) is 0 Å². The van der Waals surface area contributed by atoms with Crippen LogP contribution < -0.4 is 4.72 Å². The van der Waals surface area contributed by atoms with E-state index in [1.807, 2.05) is 15.6 Å². The highest BCUT2D eigenvalue weighted by Gasteiger charge is 2.27. The fourth-order valence-electron chi connectivity index (χ4n) is 3.55. The van der Waals surface area contributed by atoms with Gasteiger partial charge in [-0.1, -0.05) is 6.08 Å². The molecule has 0 fully saturated rings. The van der Waals surface area contributed by atoms with Gasteiger partial charge in [0.25, 0.3) is 0 Å². The van der Waals surface area contributed by atoms with Gasteiger partial charge in [0.15, 0.2) is 0 Å². The van der Waals surface area contributed by atoms with Crippen LogP contribution in [0.1, 0.15) is 37.8 Å². The second kappa shape index (κ2) is 7.70. The van der Waals surface area contributed by atoms with Crippen molar-refractivity contribution in [1.29, 1.82) is 0 Å². The lowest BCUT2D eigenvalue weighted by Gasteiger charge is -2.26. The van der Waals surface area contributed by atoms with Crippen LogP contribution in [0.15, 0.2) is 23.9 Å². The smallest absolute Gasteiger partial charge is 0.249 e. The molecule has 0 saturated heterocycles.